The number of nitrogens with zero attached hydrogens (tertiary/aromatic N) is 3. The fourth-order valence-electron chi connectivity index (χ4n) is 3.42. The maximum Gasteiger partial charge on any atom is 0.323 e. The summed E-state index contributed by atoms with van der Waals surface area (Å²) in [4.78, 5) is 14.4. The predicted octanol–water partition coefficient (Wildman–Crippen LogP) is 2.55. The number of urea groups is 1. The number of ether oxygens (including phenoxy) is 2. The van der Waals surface area contributed by atoms with Crippen molar-refractivity contribution in [1.82, 2.24) is 14.7 Å². The van der Waals surface area contributed by atoms with Crippen LogP contribution in [0.4, 0.5) is 10.6 Å². The van der Waals surface area contributed by atoms with Gasteiger partial charge in [0, 0.05) is 32.0 Å². The Bertz CT molecular complexity index is 757. The number of benzene rings is 1. The number of anilines is 1. The molecule has 132 valence electrons. The van der Waals surface area contributed by atoms with E-state index in [4.69, 9.17) is 9.47 Å². The van der Waals surface area contributed by atoms with Gasteiger partial charge in [0.15, 0.2) is 5.79 Å². The Morgan fingerprint density at radius 1 is 1.16 bits per heavy atom. The molecular formula is C18H22N4O3. The summed E-state index contributed by atoms with van der Waals surface area (Å²) in [5.74, 6) is 0.188. The van der Waals surface area contributed by atoms with Gasteiger partial charge < -0.3 is 14.4 Å². The molecule has 2 fully saturated rings. The Morgan fingerprint density at radius 2 is 1.88 bits per heavy atom. The van der Waals surface area contributed by atoms with Gasteiger partial charge in [-0.25, -0.2) is 9.48 Å². The molecule has 2 amide bonds. The van der Waals surface area contributed by atoms with Crippen molar-refractivity contribution in [2.24, 2.45) is 0 Å². The number of carbonyl (C=O) groups excluding carboxylic acids is 1. The molecule has 25 heavy (non-hydrogen) atoms. The summed E-state index contributed by atoms with van der Waals surface area (Å²) in [6, 6.07) is 9.63. The lowest BCUT2D eigenvalue weighted by Gasteiger charge is -2.37. The highest BCUT2D eigenvalue weighted by molar-refractivity contribution is 5.88. The van der Waals surface area contributed by atoms with E-state index in [0.29, 0.717) is 45.0 Å². The number of para-hydroxylation sites is 1. The lowest BCUT2D eigenvalue weighted by atomic mass is 10.0. The molecule has 2 saturated heterocycles. The first-order chi connectivity index (χ1) is 12.2. The lowest BCUT2D eigenvalue weighted by Crippen LogP contribution is -2.48. The molecule has 0 aliphatic carbocycles. The topological polar surface area (TPSA) is 68.6 Å². The second-order valence-electron chi connectivity index (χ2n) is 6.44. The SMILES string of the molecule is Cc1ccccc1-n1nccc1NC(=O)N1CCC2(CC1)OCCO2. The maximum absolute atomic E-state index is 12.6. The van der Waals surface area contributed by atoms with Crippen molar-refractivity contribution in [2.75, 3.05) is 31.6 Å². The van der Waals surface area contributed by atoms with Crippen molar-refractivity contribution in [3.63, 3.8) is 0 Å². The zero-order valence-corrected chi connectivity index (χ0v) is 14.3. The van der Waals surface area contributed by atoms with Crippen LogP contribution in [0.1, 0.15) is 18.4 Å². The number of nitrogens with one attached hydrogen (secondary N) is 1. The summed E-state index contributed by atoms with van der Waals surface area (Å²) in [5, 5.41) is 7.32. The van der Waals surface area contributed by atoms with Crippen molar-refractivity contribution in [2.45, 2.75) is 25.6 Å². The molecule has 1 N–H and O–H groups in total. The van der Waals surface area contributed by atoms with Crippen LogP contribution in [-0.2, 0) is 9.47 Å². The van der Waals surface area contributed by atoms with Crippen molar-refractivity contribution in [1.29, 1.82) is 0 Å². The molecule has 3 heterocycles. The molecule has 0 unspecified atom stereocenters. The molecule has 1 aromatic heterocycles. The first-order valence-corrected chi connectivity index (χ1v) is 8.61. The first-order valence-electron chi connectivity index (χ1n) is 8.61. The van der Waals surface area contributed by atoms with Crippen molar-refractivity contribution < 1.29 is 14.3 Å². The summed E-state index contributed by atoms with van der Waals surface area (Å²) >= 11 is 0. The number of rotatable bonds is 2. The molecule has 0 saturated carbocycles. The van der Waals surface area contributed by atoms with Crippen LogP contribution >= 0.6 is 0 Å². The van der Waals surface area contributed by atoms with Gasteiger partial charge in [-0.05, 0) is 18.6 Å². The Balaban J connectivity index is 1.44. The molecule has 1 aromatic carbocycles. The molecule has 7 heteroatoms. The van der Waals surface area contributed by atoms with E-state index < -0.39 is 5.79 Å². The van der Waals surface area contributed by atoms with E-state index in [0.717, 1.165) is 11.3 Å². The Kier molecular flexibility index (Phi) is 4.19. The standard InChI is InChI=1S/C18H22N4O3/c1-14-4-2-3-5-15(14)22-16(6-9-19-22)20-17(23)21-10-7-18(8-11-21)24-12-13-25-18/h2-6,9H,7-8,10-13H2,1H3,(H,20,23). The van der Waals surface area contributed by atoms with Crippen LogP contribution in [0, 0.1) is 6.92 Å². The lowest BCUT2D eigenvalue weighted by molar-refractivity contribution is -0.181. The van der Waals surface area contributed by atoms with E-state index in [1.54, 1.807) is 21.8 Å². The molecule has 2 aliphatic rings. The van der Waals surface area contributed by atoms with Gasteiger partial charge in [0.1, 0.15) is 5.82 Å². The highest BCUT2D eigenvalue weighted by Crippen LogP contribution is 2.31. The number of likely N-dealkylation sites (tertiary alicyclic amines) is 1. The number of amides is 2. The first kappa shape index (κ1) is 16.1. The molecule has 4 rings (SSSR count). The minimum atomic E-state index is -0.473. The van der Waals surface area contributed by atoms with Crippen LogP contribution in [0.5, 0.6) is 0 Å². The molecule has 2 aromatic rings. The van der Waals surface area contributed by atoms with Gasteiger partial charge in [0.05, 0.1) is 25.1 Å². The maximum atomic E-state index is 12.6. The summed E-state index contributed by atoms with van der Waals surface area (Å²) in [7, 11) is 0. The quantitative estimate of drug-likeness (QED) is 0.911. The third-order valence-corrected chi connectivity index (χ3v) is 4.85. The fraction of sp³-hybridized carbons (Fsp3) is 0.444. The zero-order valence-electron chi connectivity index (χ0n) is 14.3. The second kappa shape index (κ2) is 6.50. The number of piperidine rings is 1. The monoisotopic (exact) mass is 342 g/mol. The number of hydrogen-bond donors (Lipinski definition) is 1. The Hall–Kier alpha value is -2.38. The predicted molar refractivity (Wildman–Crippen MR) is 92.8 cm³/mol. The molecule has 2 aliphatic heterocycles. The third-order valence-electron chi connectivity index (χ3n) is 4.85. The minimum Gasteiger partial charge on any atom is -0.347 e. The number of carbonyl (C=O) groups is 1. The number of hydrogen-bond acceptors (Lipinski definition) is 4. The average molecular weight is 342 g/mol. The van der Waals surface area contributed by atoms with Gasteiger partial charge in [-0.1, -0.05) is 18.2 Å². The van der Waals surface area contributed by atoms with Gasteiger partial charge in [-0.3, -0.25) is 5.32 Å². The van der Waals surface area contributed by atoms with E-state index in [1.165, 1.54) is 0 Å². The molecule has 0 radical (unpaired) electrons. The van der Waals surface area contributed by atoms with E-state index >= 15 is 0 Å². The van der Waals surface area contributed by atoms with Crippen molar-refractivity contribution >= 4 is 11.8 Å². The molecule has 7 nitrogen and oxygen atoms in total. The normalized spacial score (nSPS) is 19.3. The van der Waals surface area contributed by atoms with Gasteiger partial charge in [0.25, 0.3) is 0 Å². The van der Waals surface area contributed by atoms with Gasteiger partial charge in [0.2, 0.25) is 0 Å². The van der Waals surface area contributed by atoms with Gasteiger partial charge in [-0.15, -0.1) is 0 Å². The highest BCUT2D eigenvalue weighted by Gasteiger charge is 2.40. The van der Waals surface area contributed by atoms with Crippen LogP contribution < -0.4 is 5.32 Å². The average Bonchev–Trinajstić information content (AvgIpc) is 3.26. The number of aryl methyl sites for hydroxylation is 1. The van der Waals surface area contributed by atoms with Crippen LogP contribution in [0.25, 0.3) is 5.69 Å². The smallest absolute Gasteiger partial charge is 0.323 e. The Labute approximate surface area is 146 Å². The zero-order chi connectivity index (χ0) is 17.3. The minimum absolute atomic E-state index is 0.122. The van der Waals surface area contributed by atoms with Gasteiger partial charge >= 0.3 is 6.03 Å². The fourth-order valence-corrected chi connectivity index (χ4v) is 3.42. The highest BCUT2D eigenvalue weighted by atomic mass is 16.7. The van der Waals surface area contributed by atoms with Crippen LogP contribution in [0.3, 0.4) is 0 Å². The molecule has 0 atom stereocenters. The van der Waals surface area contributed by atoms with Gasteiger partial charge in [-0.2, -0.15) is 5.10 Å². The molecule has 0 bridgehead atoms. The van der Waals surface area contributed by atoms with E-state index in [2.05, 4.69) is 10.4 Å². The van der Waals surface area contributed by atoms with E-state index in [-0.39, 0.29) is 6.03 Å². The molecular weight excluding hydrogens is 320 g/mol. The van der Waals surface area contributed by atoms with Crippen molar-refractivity contribution in [3.8, 4) is 5.69 Å². The van der Waals surface area contributed by atoms with Crippen LogP contribution in [-0.4, -0.2) is 52.8 Å². The van der Waals surface area contributed by atoms with Crippen LogP contribution in [0.15, 0.2) is 36.5 Å². The Morgan fingerprint density at radius 3 is 2.60 bits per heavy atom. The summed E-state index contributed by atoms with van der Waals surface area (Å²) in [5.41, 5.74) is 2.05. The summed E-state index contributed by atoms with van der Waals surface area (Å²) < 4.78 is 13.2. The van der Waals surface area contributed by atoms with E-state index in [9.17, 15) is 4.79 Å². The second-order valence-corrected chi connectivity index (χ2v) is 6.44. The summed E-state index contributed by atoms with van der Waals surface area (Å²) in [6.45, 7) is 4.53. The van der Waals surface area contributed by atoms with Crippen LogP contribution in [0.2, 0.25) is 0 Å². The summed E-state index contributed by atoms with van der Waals surface area (Å²) in [6.07, 6.45) is 3.10. The third kappa shape index (κ3) is 3.12. The largest absolute Gasteiger partial charge is 0.347 e. The molecule has 1 spiro atoms. The van der Waals surface area contributed by atoms with E-state index in [1.807, 2.05) is 31.2 Å². The number of aromatic nitrogens is 2. The van der Waals surface area contributed by atoms with Crippen molar-refractivity contribution in [3.05, 3.63) is 42.1 Å².